The van der Waals surface area contributed by atoms with Crippen LogP contribution < -0.4 is 0 Å². The number of aliphatic carboxylic acids is 1. The second-order valence-corrected chi connectivity index (χ2v) is 3.81. The van der Waals surface area contributed by atoms with Crippen LogP contribution in [0.4, 0.5) is 0 Å². The van der Waals surface area contributed by atoms with Crippen molar-refractivity contribution in [2.45, 2.75) is 25.7 Å². The fourth-order valence-corrected chi connectivity index (χ4v) is 1.60. The first kappa shape index (κ1) is 12.7. The lowest BCUT2D eigenvalue weighted by atomic mass is 10.0. The predicted octanol–water partition coefficient (Wildman–Crippen LogP) is 2.28. The Hall–Kier alpha value is -1.35. The third-order valence-corrected chi connectivity index (χ3v) is 2.44. The van der Waals surface area contributed by atoms with Gasteiger partial charge in [0.2, 0.25) is 0 Å². The van der Waals surface area contributed by atoms with Crippen LogP contribution in [0.2, 0.25) is 0 Å². The van der Waals surface area contributed by atoms with Gasteiger partial charge in [0, 0.05) is 13.5 Å². The number of carboxylic acid groups (broad SMARTS) is 1. The van der Waals surface area contributed by atoms with Crippen LogP contribution in [-0.2, 0) is 22.4 Å². The largest absolute Gasteiger partial charge is 0.481 e. The molecule has 16 heavy (non-hydrogen) atoms. The molecule has 1 N–H and O–H groups in total. The van der Waals surface area contributed by atoms with E-state index < -0.39 is 5.97 Å². The smallest absolute Gasteiger partial charge is 0.303 e. The molecule has 0 aliphatic heterocycles. The molecule has 0 atom stereocenters. The number of ether oxygens (including phenoxy) is 1. The van der Waals surface area contributed by atoms with Crippen molar-refractivity contribution in [2.24, 2.45) is 0 Å². The van der Waals surface area contributed by atoms with Crippen LogP contribution in [0.1, 0.15) is 24.0 Å². The lowest BCUT2D eigenvalue weighted by Gasteiger charge is -2.04. The van der Waals surface area contributed by atoms with E-state index in [2.05, 4.69) is 12.1 Å². The molecule has 0 saturated heterocycles. The monoisotopic (exact) mass is 222 g/mol. The van der Waals surface area contributed by atoms with Crippen molar-refractivity contribution in [3.05, 3.63) is 35.4 Å². The number of rotatable bonds is 7. The summed E-state index contributed by atoms with van der Waals surface area (Å²) >= 11 is 0. The number of carboxylic acids is 1. The molecule has 0 saturated carbocycles. The van der Waals surface area contributed by atoms with Crippen molar-refractivity contribution in [1.29, 1.82) is 0 Å². The molecule has 0 radical (unpaired) electrons. The lowest BCUT2D eigenvalue weighted by Crippen LogP contribution is -1.98. The summed E-state index contributed by atoms with van der Waals surface area (Å²) < 4.78 is 5.02. The van der Waals surface area contributed by atoms with Crippen LogP contribution in [0.3, 0.4) is 0 Å². The van der Waals surface area contributed by atoms with E-state index in [1.807, 2.05) is 12.1 Å². The molecule has 0 aliphatic carbocycles. The van der Waals surface area contributed by atoms with Crippen LogP contribution in [0.15, 0.2) is 24.3 Å². The second kappa shape index (κ2) is 7.01. The first-order valence-electron chi connectivity index (χ1n) is 5.51. The Bertz CT molecular complexity index is 334. The van der Waals surface area contributed by atoms with Crippen molar-refractivity contribution < 1.29 is 14.6 Å². The summed E-state index contributed by atoms with van der Waals surface area (Å²) in [5, 5.41) is 8.55. The lowest BCUT2D eigenvalue weighted by molar-refractivity contribution is -0.137. The standard InChI is InChI=1S/C13H18O3/c1-16-9-8-12-5-2-4-11(10-12)6-3-7-13(14)15/h2,4-5,10H,3,6-9H2,1H3,(H,14,15). The van der Waals surface area contributed by atoms with Crippen LogP contribution in [0.5, 0.6) is 0 Å². The summed E-state index contributed by atoms with van der Waals surface area (Å²) in [5.74, 6) is -0.726. The van der Waals surface area contributed by atoms with E-state index in [1.165, 1.54) is 11.1 Å². The topological polar surface area (TPSA) is 46.5 Å². The van der Waals surface area contributed by atoms with Gasteiger partial charge in [0.1, 0.15) is 0 Å². The Balaban J connectivity index is 2.43. The highest BCUT2D eigenvalue weighted by atomic mass is 16.5. The van der Waals surface area contributed by atoms with E-state index in [0.29, 0.717) is 6.42 Å². The Morgan fingerprint density at radius 1 is 1.31 bits per heavy atom. The first-order valence-corrected chi connectivity index (χ1v) is 5.51. The van der Waals surface area contributed by atoms with Gasteiger partial charge in [0.15, 0.2) is 0 Å². The van der Waals surface area contributed by atoms with Crippen molar-refractivity contribution in [3.63, 3.8) is 0 Å². The molecule has 1 aromatic rings. The first-order chi connectivity index (χ1) is 7.72. The van der Waals surface area contributed by atoms with E-state index in [9.17, 15) is 4.79 Å². The molecule has 3 nitrogen and oxygen atoms in total. The zero-order chi connectivity index (χ0) is 11.8. The molecule has 1 rings (SSSR count). The highest BCUT2D eigenvalue weighted by Gasteiger charge is 1.99. The molecular formula is C13H18O3. The quantitative estimate of drug-likeness (QED) is 0.770. The molecule has 0 amide bonds. The maximum Gasteiger partial charge on any atom is 0.303 e. The Morgan fingerprint density at radius 3 is 2.62 bits per heavy atom. The van der Waals surface area contributed by atoms with Gasteiger partial charge < -0.3 is 9.84 Å². The average molecular weight is 222 g/mol. The maximum absolute atomic E-state index is 10.4. The fourth-order valence-electron chi connectivity index (χ4n) is 1.60. The number of hydrogen-bond donors (Lipinski definition) is 1. The molecular weight excluding hydrogens is 204 g/mol. The second-order valence-electron chi connectivity index (χ2n) is 3.81. The van der Waals surface area contributed by atoms with Crippen molar-refractivity contribution in [1.82, 2.24) is 0 Å². The Morgan fingerprint density at radius 2 is 2.00 bits per heavy atom. The molecule has 0 aromatic heterocycles. The van der Waals surface area contributed by atoms with E-state index in [4.69, 9.17) is 9.84 Å². The minimum Gasteiger partial charge on any atom is -0.481 e. The van der Waals surface area contributed by atoms with E-state index >= 15 is 0 Å². The van der Waals surface area contributed by atoms with Crippen molar-refractivity contribution in [2.75, 3.05) is 13.7 Å². The summed E-state index contributed by atoms with van der Waals surface area (Å²) in [7, 11) is 1.69. The summed E-state index contributed by atoms with van der Waals surface area (Å²) in [6.45, 7) is 0.721. The highest BCUT2D eigenvalue weighted by Crippen LogP contribution is 2.09. The van der Waals surface area contributed by atoms with Crippen LogP contribution in [0, 0.1) is 0 Å². The van der Waals surface area contributed by atoms with Crippen LogP contribution in [-0.4, -0.2) is 24.8 Å². The molecule has 0 aliphatic rings. The van der Waals surface area contributed by atoms with Gasteiger partial charge in [-0.2, -0.15) is 0 Å². The molecule has 0 unspecified atom stereocenters. The number of aryl methyl sites for hydroxylation is 1. The third-order valence-electron chi connectivity index (χ3n) is 2.44. The Labute approximate surface area is 96.1 Å². The number of hydrogen-bond acceptors (Lipinski definition) is 2. The van der Waals surface area contributed by atoms with Crippen LogP contribution >= 0.6 is 0 Å². The highest BCUT2D eigenvalue weighted by molar-refractivity contribution is 5.66. The van der Waals surface area contributed by atoms with Gasteiger partial charge in [-0.3, -0.25) is 4.79 Å². The van der Waals surface area contributed by atoms with Gasteiger partial charge in [-0.25, -0.2) is 0 Å². The van der Waals surface area contributed by atoms with Gasteiger partial charge >= 0.3 is 5.97 Å². The number of carbonyl (C=O) groups is 1. The zero-order valence-corrected chi connectivity index (χ0v) is 9.61. The fraction of sp³-hybridized carbons (Fsp3) is 0.462. The minimum absolute atomic E-state index is 0.238. The van der Waals surface area contributed by atoms with Gasteiger partial charge in [-0.05, 0) is 30.4 Å². The van der Waals surface area contributed by atoms with E-state index in [0.717, 1.165) is 19.4 Å². The van der Waals surface area contributed by atoms with Gasteiger partial charge in [-0.1, -0.05) is 24.3 Å². The number of methoxy groups -OCH3 is 1. The van der Waals surface area contributed by atoms with E-state index in [1.54, 1.807) is 7.11 Å². The van der Waals surface area contributed by atoms with Gasteiger partial charge in [-0.15, -0.1) is 0 Å². The summed E-state index contributed by atoms with van der Waals surface area (Å²) in [6.07, 6.45) is 2.67. The van der Waals surface area contributed by atoms with E-state index in [-0.39, 0.29) is 6.42 Å². The molecule has 0 bridgehead atoms. The van der Waals surface area contributed by atoms with Gasteiger partial charge in [0.25, 0.3) is 0 Å². The number of benzene rings is 1. The Kier molecular flexibility index (Phi) is 5.57. The van der Waals surface area contributed by atoms with Gasteiger partial charge in [0.05, 0.1) is 6.61 Å². The normalized spacial score (nSPS) is 10.3. The predicted molar refractivity (Wildman–Crippen MR) is 62.6 cm³/mol. The molecule has 3 heteroatoms. The third kappa shape index (κ3) is 4.94. The van der Waals surface area contributed by atoms with Crippen LogP contribution in [0.25, 0.3) is 0 Å². The average Bonchev–Trinajstić information content (AvgIpc) is 2.26. The van der Waals surface area contributed by atoms with Crippen molar-refractivity contribution in [3.8, 4) is 0 Å². The maximum atomic E-state index is 10.4. The molecule has 0 fully saturated rings. The zero-order valence-electron chi connectivity index (χ0n) is 9.61. The summed E-state index contributed by atoms with van der Waals surface area (Å²) in [5.41, 5.74) is 2.45. The van der Waals surface area contributed by atoms with Crippen molar-refractivity contribution >= 4 is 5.97 Å². The minimum atomic E-state index is -0.726. The molecule has 0 heterocycles. The molecule has 0 spiro atoms. The molecule has 1 aromatic carbocycles. The SMILES string of the molecule is COCCc1cccc(CCCC(=O)O)c1. The summed E-state index contributed by atoms with van der Waals surface area (Å²) in [4.78, 5) is 10.4. The summed E-state index contributed by atoms with van der Waals surface area (Å²) in [6, 6.07) is 8.25. The molecule has 88 valence electrons.